The van der Waals surface area contributed by atoms with Crippen molar-refractivity contribution in [1.82, 2.24) is 20.0 Å². The molecule has 0 aliphatic carbocycles. The molecule has 0 radical (unpaired) electrons. The van der Waals surface area contributed by atoms with Crippen LogP contribution in [-0.2, 0) is 9.84 Å². The molecule has 2 rings (SSSR count). The first kappa shape index (κ1) is 22.4. The van der Waals surface area contributed by atoms with Crippen LogP contribution in [0.1, 0.15) is 34.6 Å². The van der Waals surface area contributed by atoms with Crippen LogP contribution in [0.3, 0.4) is 0 Å². The van der Waals surface area contributed by atoms with Gasteiger partial charge in [0.25, 0.3) is 0 Å². The fourth-order valence-electron chi connectivity index (χ4n) is 3.83. The quantitative estimate of drug-likeness (QED) is 0.541. The molecule has 2 aliphatic heterocycles. The average Bonchev–Trinajstić information content (AvgIpc) is 2.58. The van der Waals surface area contributed by atoms with Crippen molar-refractivity contribution in [2.75, 3.05) is 65.2 Å². The summed E-state index contributed by atoms with van der Waals surface area (Å²) in [5.74, 6) is 1.56. The van der Waals surface area contributed by atoms with Gasteiger partial charge < -0.3 is 15.1 Å². The minimum Gasteiger partial charge on any atom is -0.357 e. The number of guanidine groups is 1. The lowest BCUT2D eigenvalue weighted by molar-refractivity contribution is 0.0924. The summed E-state index contributed by atoms with van der Waals surface area (Å²) in [5.41, 5.74) is 0. The van der Waals surface area contributed by atoms with Crippen LogP contribution in [0.4, 0.5) is 0 Å². The van der Waals surface area contributed by atoms with Crippen molar-refractivity contribution in [3.8, 4) is 0 Å². The van der Waals surface area contributed by atoms with Crippen molar-refractivity contribution in [3.63, 3.8) is 0 Å². The molecule has 7 nitrogen and oxygen atoms in total. The largest absolute Gasteiger partial charge is 0.357 e. The van der Waals surface area contributed by atoms with Gasteiger partial charge in [-0.3, -0.25) is 9.89 Å². The van der Waals surface area contributed by atoms with Gasteiger partial charge in [0.1, 0.15) is 0 Å². The van der Waals surface area contributed by atoms with Crippen molar-refractivity contribution in [2.24, 2.45) is 10.9 Å². The number of rotatable bonds is 5. The van der Waals surface area contributed by atoms with E-state index in [-0.39, 0.29) is 5.75 Å². The number of sulfone groups is 1. The van der Waals surface area contributed by atoms with E-state index in [1.54, 1.807) is 0 Å². The third kappa shape index (κ3) is 5.57. The van der Waals surface area contributed by atoms with E-state index >= 15 is 0 Å². The molecule has 1 unspecified atom stereocenters. The smallest absolute Gasteiger partial charge is 0.194 e. The van der Waals surface area contributed by atoms with Gasteiger partial charge in [0.15, 0.2) is 15.8 Å². The third-order valence-electron chi connectivity index (χ3n) is 5.88. The highest BCUT2D eigenvalue weighted by molar-refractivity contribution is 7.92. The minimum atomic E-state index is -3.05. The maximum atomic E-state index is 12.3. The van der Waals surface area contributed by atoms with Gasteiger partial charge in [-0.15, -0.1) is 0 Å². The van der Waals surface area contributed by atoms with E-state index in [4.69, 9.17) is 4.99 Å². The molecule has 1 atom stereocenters. The number of aliphatic imine (C=N–C) groups is 1. The Balaban J connectivity index is 2.11. The monoisotopic (exact) mass is 401 g/mol. The molecule has 2 heterocycles. The predicted molar refractivity (Wildman–Crippen MR) is 113 cm³/mol. The van der Waals surface area contributed by atoms with E-state index in [1.165, 1.54) is 0 Å². The second-order valence-corrected chi connectivity index (χ2v) is 11.6. The first-order chi connectivity index (χ1) is 12.6. The van der Waals surface area contributed by atoms with Gasteiger partial charge in [-0.25, -0.2) is 8.42 Å². The summed E-state index contributed by atoms with van der Waals surface area (Å²) in [6.45, 7) is 17.1. The Hall–Kier alpha value is -0.860. The van der Waals surface area contributed by atoms with Crippen molar-refractivity contribution in [2.45, 2.75) is 45.4 Å². The van der Waals surface area contributed by atoms with E-state index in [0.717, 1.165) is 45.2 Å². The van der Waals surface area contributed by atoms with Crippen LogP contribution >= 0.6 is 0 Å². The van der Waals surface area contributed by atoms with Crippen LogP contribution in [0.5, 0.6) is 0 Å². The molecule has 27 heavy (non-hydrogen) atoms. The summed E-state index contributed by atoms with van der Waals surface area (Å²) in [6.07, 6.45) is 0. The Morgan fingerprint density at radius 2 is 1.78 bits per heavy atom. The predicted octanol–water partition coefficient (Wildman–Crippen LogP) is 0.733. The molecule has 8 heteroatoms. The molecular formula is C19H39N5O2S. The number of nitrogens with zero attached hydrogens (tertiary/aromatic N) is 4. The maximum absolute atomic E-state index is 12.3. The molecule has 158 valence electrons. The van der Waals surface area contributed by atoms with Gasteiger partial charge in [-0.1, -0.05) is 13.8 Å². The van der Waals surface area contributed by atoms with Crippen molar-refractivity contribution >= 4 is 15.8 Å². The molecule has 1 N–H and O–H groups in total. The Morgan fingerprint density at radius 3 is 2.30 bits per heavy atom. The molecule has 2 saturated heterocycles. The fourth-order valence-corrected chi connectivity index (χ4v) is 5.20. The van der Waals surface area contributed by atoms with Gasteiger partial charge in [-0.2, -0.15) is 0 Å². The molecule has 0 aromatic rings. The van der Waals surface area contributed by atoms with Gasteiger partial charge in [0, 0.05) is 51.9 Å². The van der Waals surface area contributed by atoms with E-state index in [2.05, 4.69) is 47.8 Å². The molecule has 0 amide bonds. The van der Waals surface area contributed by atoms with Gasteiger partial charge >= 0.3 is 0 Å². The van der Waals surface area contributed by atoms with Gasteiger partial charge in [0.2, 0.25) is 0 Å². The Morgan fingerprint density at radius 1 is 1.15 bits per heavy atom. The zero-order valence-electron chi connectivity index (χ0n) is 18.0. The number of piperazine rings is 1. The van der Waals surface area contributed by atoms with Crippen LogP contribution < -0.4 is 5.32 Å². The molecule has 0 spiro atoms. The second kappa shape index (κ2) is 9.09. The highest BCUT2D eigenvalue weighted by Crippen LogP contribution is 2.24. The number of nitrogens with one attached hydrogen (secondary N) is 1. The van der Waals surface area contributed by atoms with Crippen molar-refractivity contribution < 1.29 is 8.42 Å². The normalized spacial score (nSPS) is 25.6. The third-order valence-corrected chi connectivity index (χ3v) is 8.42. The molecule has 0 aromatic carbocycles. The zero-order valence-corrected chi connectivity index (χ0v) is 18.8. The summed E-state index contributed by atoms with van der Waals surface area (Å²) in [4.78, 5) is 12.0. The average molecular weight is 402 g/mol. The van der Waals surface area contributed by atoms with E-state index in [0.29, 0.717) is 25.0 Å². The van der Waals surface area contributed by atoms with E-state index in [1.807, 2.05) is 13.8 Å². The van der Waals surface area contributed by atoms with E-state index in [9.17, 15) is 8.42 Å². The van der Waals surface area contributed by atoms with Crippen LogP contribution in [0, 0.1) is 5.92 Å². The summed E-state index contributed by atoms with van der Waals surface area (Å²) < 4.78 is 23.9. The lowest BCUT2D eigenvalue weighted by atomic mass is 10.0. The van der Waals surface area contributed by atoms with Crippen LogP contribution in [0.15, 0.2) is 4.99 Å². The number of hydrogen-bond acceptors (Lipinski definition) is 5. The number of hydrogen-bond donors (Lipinski definition) is 1. The Labute approximate surface area is 166 Å². The van der Waals surface area contributed by atoms with E-state index < -0.39 is 14.6 Å². The minimum absolute atomic E-state index is 0.191. The SMILES string of the molecule is CCNC(=NCC(C(C)C)N1CCN(C)CC1)N1CCS(=O)(=O)C(C)(C)C1. The highest BCUT2D eigenvalue weighted by atomic mass is 32.2. The molecule has 2 fully saturated rings. The maximum Gasteiger partial charge on any atom is 0.194 e. The Bertz CT molecular complexity index is 610. The molecule has 0 aromatic heterocycles. The summed E-state index contributed by atoms with van der Waals surface area (Å²) in [7, 11) is -0.871. The standard InChI is InChI=1S/C19H39N5O2S/c1-7-20-18(24-12-13-27(25,26)19(4,5)15-24)21-14-17(16(2)3)23-10-8-22(6)9-11-23/h16-17H,7-15H2,1-6H3,(H,20,21). The molecule has 0 bridgehead atoms. The Kier molecular flexibility index (Phi) is 7.55. The van der Waals surface area contributed by atoms with Gasteiger partial charge in [0.05, 0.1) is 17.0 Å². The van der Waals surface area contributed by atoms with Gasteiger partial charge in [-0.05, 0) is 33.7 Å². The summed E-state index contributed by atoms with van der Waals surface area (Å²) in [6, 6.07) is 0.411. The summed E-state index contributed by atoms with van der Waals surface area (Å²) >= 11 is 0. The van der Waals surface area contributed by atoms with Crippen LogP contribution in [-0.4, -0.2) is 105 Å². The first-order valence-corrected chi connectivity index (χ1v) is 11.9. The lowest BCUT2D eigenvalue weighted by Gasteiger charge is -2.41. The summed E-state index contributed by atoms with van der Waals surface area (Å²) in [5, 5.41) is 3.38. The molecule has 0 saturated carbocycles. The second-order valence-electron chi connectivity index (χ2n) is 8.85. The lowest BCUT2D eigenvalue weighted by Crippen LogP contribution is -2.57. The molecule has 2 aliphatic rings. The fraction of sp³-hybridized carbons (Fsp3) is 0.947. The van der Waals surface area contributed by atoms with Crippen LogP contribution in [0.2, 0.25) is 0 Å². The highest BCUT2D eigenvalue weighted by Gasteiger charge is 2.41. The molecular weight excluding hydrogens is 362 g/mol. The topological polar surface area (TPSA) is 68.2 Å². The van der Waals surface area contributed by atoms with Crippen LogP contribution in [0.25, 0.3) is 0 Å². The van der Waals surface area contributed by atoms with Crippen molar-refractivity contribution in [1.29, 1.82) is 0 Å². The number of likely N-dealkylation sites (N-methyl/N-ethyl adjacent to an activating group) is 1. The zero-order chi connectivity index (χ0) is 20.2. The first-order valence-electron chi connectivity index (χ1n) is 10.3. The van der Waals surface area contributed by atoms with Crippen molar-refractivity contribution in [3.05, 3.63) is 0 Å².